The van der Waals surface area contributed by atoms with Gasteiger partial charge < -0.3 is 20.4 Å². The van der Waals surface area contributed by atoms with Crippen LogP contribution in [0.2, 0.25) is 0 Å². The lowest BCUT2D eigenvalue weighted by Gasteiger charge is -2.34. The first-order valence-electron chi connectivity index (χ1n) is 12.0. The van der Waals surface area contributed by atoms with Gasteiger partial charge in [-0.1, -0.05) is 44.2 Å². The molecule has 2 aromatic rings. The number of hydrogen-bond acceptors (Lipinski definition) is 5. The van der Waals surface area contributed by atoms with Crippen molar-refractivity contribution in [2.24, 2.45) is 11.8 Å². The summed E-state index contributed by atoms with van der Waals surface area (Å²) in [5.74, 6) is 4.04. The Labute approximate surface area is 197 Å². The molecule has 2 fully saturated rings. The quantitative estimate of drug-likeness (QED) is 0.619. The van der Waals surface area contributed by atoms with E-state index in [0.717, 1.165) is 43.7 Å². The van der Waals surface area contributed by atoms with Gasteiger partial charge in [0, 0.05) is 32.2 Å². The second-order valence-corrected chi connectivity index (χ2v) is 9.91. The normalized spacial score (nSPS) is 20.7. The molecule has 32 heavy (non-hydrogen) atoms. The minimum Gasteiger partial charge on any atom is -0.356 e. The number of aromatic nitrogens is 2. The van der Waals surface area contributed by atoms with Crippen LogP contribution in [0, 0.1) is 11.8 Å². The van der Waals surface area contributed by atoms with Crippen LogP contribution in [0.15, 0.2) is 36.4 Å². The van der Waals surface area contributed by atoms with Gasteiger partial charge in [-0.3, -0.25) is 0 Å². The van der Waals surface area contributed by atoms with Crippen molar-refractivity contribution < 1.29 is 0 Å². The van der Waals surface area contributed by atoms with Crippen LogP contribution in [-0.2, 0) is 0 Å². The van der Waals surface area contributed by atoms with Crippen LogP contribution < -0.4 is 20.4 Å². The molecule has 3 heterocycles. The standard InChI is InChI=1S/C25H36N6S/c1-18-11-14-30(15-12-18)22-16-23(31-13-7-8-19(2)17-31)28-24(27-22)29-25(32)26-20(3)21-9-5-4-6-10-21/h4-6,9-10,16,18-20H,7-8,11-15,17H2,1-3H3,(H2,26,27,28,29,32). The molecule has 0 saturated carbocycles. The predicted octanol–water partition coefficient (Wildman–Crippen LogP) is 5.00. The van der Waals surface area contributed by atoms with Gasteiger partial charge in [0.05, 0.1) is 6.04 Å². The summed E-state index contributed by atoms with van der Waals surface area (Å²) in [5.41, 5.74) is 1.19. The highest BCUT2D eigenvalue weighted by Gasteiger charge is 2.23. The molecule has 2 N–H and O–H groups in total. The van der Waals surface area contributed by atoms with Crippen LogP contribution in [-0.4, -0.2) is 41.3 Å². The topological polar surface area (TPSA) is 56.3 Å². The van der Waals surface area contributed by atoms with E-state index < -0.39 is 0 Å². The first-order valence-corrected chi connectivity index (χ1v) is 12.4. The summed E-state index contributed by atoms with van der Waals surface area (Å²) in [6, 6.07) is 12.6. The molecule has 2 saturated heterocycles. The van der Waals surface area contributed by atoms with E-state index in [9.17, 15) is 0 Å². The molecule has 0 radical (unpaired) electrons. The smallest absolute Gasteiger partial charge is 0.232 e. The van der Waals surface area contributed by atoms with E-state index in [1.54, 1.807) is 0 Å². The van der Waals surface area contributed by atoms with Crippen LogP contribution in [0.4, 0.5) is 17.6 Å². The number of rotatable bonds is 5. The predicted molar refractivity (Wildman–Crippen MR) is 137 cm³/mol. The van der Waals surface area contributed by atoms with Gasteiger partial charge in [0.2, 0.25) is 5.95 Å². The number of hydrogen-bond donors (Lipinski definition) is 2. The van der Waals surface area contributed by atoms with Crippen molar-refractivity contribution in [1.82, 2.24) is 15.3 Å². The molecule has 2 aliphatic heterocycles. The minimum absolute atomic E-state index is 0.102. The van der Waals surface area contributed by atoms with Crippen molar-refractivity contribution in [1.29, 1.82) is 0 Å². The summed E-state index contributed by atoms with van der Waals surface area (Å²) in [6.45, 7) is 10.9. The Balaban J connectivity index is 1.52. The molecule has 0 bridgehead atoms. The zero-order valence-electron chi connectivity index (χ0n) is 19.6. The van der Waals surface area contributed by atoms with Gasteiger partial charge in [0.25, 0.3) is 0 Å². The maximum absolute atomic E-state index is 5.62. The summed E-state index contributed by atoms with van der Waals surface area (Å²) in [5, 5.41) is 7.18. The molecular formula is C25H36N6S. The molecule has 1 aromatic heterocycles. The van der Waals surface area contributed by atoms with Crippen molar-refractivity contribution in [3.63, 3.8) is 0 Å². The van der Waals surface area contributed by atoms with Crippen molar-refractivity contribution >= 4 is 34.9 Å². The Bertz CT molecular complexity index is 897. The largest absolute Gasteiger partial charge is 0.356 e. The first kappa shape index (κ1) is 22.8. The van der Waals surface area contributed by atoms with Gasteiger partial charge in [-0.2, -0.15) is 9.97 Å². The van der Waals surface area contributed by atoms with E-state index in [1.165, 1.54) is 31.2 Å². The zero-order chi connectivity index (χ0) is 22.5. The molecule has 0 amide bonds. The van der Waals surface area contributed by atoms with Crippen molar-refractivity contribution in [3.05, 3.63) is 42.0 Å². The van der Waals surface area contributed by atoms with Gasteiger partial charge in [-0.15, -0.1) is 0 Å². The molecule has 172 valence electrons. The van der Waals surface area contributed by atoms with Gasteiger partial charge in [-0.05, 0) is 62.2 Å². The van der Waals surface area contributed by atoms with Crippen molar-refractivity contribution in [2.75, 3.05) is 41.3 Å². The fraction of sp³-hybridized carbons (Fsp3) is 0.560. The molecule has 2 atom stereocenters. The molecule has 6 nitrogen and oxygen atoms in total. The van der Waals surface area contributed by atoms with Crippen LogP contribution in [0.5, 0.6) is 0 Å². The van der Waals surface area contributed by atoms with E-state index >= 15 is 0 Å². The molecular weight excluding hydrogens is 416 g/mol. The Morgan fingerprint density at radius 2 is 1.66 bits per heavy atom. The summed E-state index contributed by atoms with van der Waals surface area (Å²) < 4.78 is 0. The number of anilines is 3. The molecule has 0 aliphatic carbocycles. The first-order chi connectivity index (χ1) is 15.5. The third-order valence-corrected chi connectivity index (χ3v) is 6.88. The van der Waals surface area contributed by atoms with Crippen molar-refractivity contribution in [2.45, 2.75) is 52.5 Å². The van der Waals surface area contributed by atoms with E-state index in [-0.39, 0.29) is 6.04 Å². The van der Waals surface area contributed by atoms with Gasteiger partial charge in [-0.25, -0.2) is 0 Å². The molecule has 2 aliphatic rings. The Morgan fingerprint density at radius 3 is 2.34 bits per heavy atom. The number of nitrogens with zero attached hydrogens (tertiary/aromatic N) is 4. The lowest BCUT2D eigenvalue weighted by molar-refractivity contribution is 0.435. The number of thiocarbonyl (C=S) groups is 1. The third kappa shape index (κ3) is 5.88. The fourth-order valence-corrected chi connectivity index (χ4v) is 4.86. The highest BCUT2D eigenvalue weighted by atomic mass is 32.1. The monoisotopic (exact) mass is 452 g/mol. The molecule has 4 rings (SSSR count). The second-order valence-electron chi connectivity index (χ2n) is 9.50. The average Bonchev–Trinajstić information content (AvgIpc) is 2.80. The summed E-state index contributed by atoms with van der Waals surface area (Å²) in [4.78, 5) is 14.5. The molecule has 2 unspecified atom stereocenters. The fourth-order valence-electron chi connectivity index (χ4n) is 4.60. The van der Waals surface area contributed by atoms with E-state index in [2.05, 4.69) is 59.4 Å². The molecule has 1 aromatic carbocycles. The van der Waals surface area contributed by atoms with Crippen LogP contribution >= 0.6 is 12.2 Å². The number of nitrogens with one attached hydrogen (secondary N) is 2. The summed E-state index contributed by atoms with van der Waals surface area (Å²) >= 11 is 5.62. The number of benzene rings is 1. The van der Waals surface area contributed by atoms with E-state index in [1.807, 2.05) is 18.2 Å². The Morgan fingerprint density at radius 1 is 0.969 bits per heavy atom. The van der Waals surface area contributed by atoms with Gasteiger partial charge >= 0.3 is 0 Å². The Hall–Kier alpha value is -2.41. The average molecular weight is 453 g/mol. The zero-order valence-corrected chi connectivity index (χ0v) is 20.4. The maximum atomic E-state index is 5.62. The third-order valence-electron chi connectivity index (χ3n) is 6.66. The van der Waals surface area contributed by atoms with Crippen LogP contribution in [0.3, 0.4) is 0 Å². The highest BCUT2D eigenvalue weighted by molar-refractivity contribution is 7.80. The maximum Gasteiger partial charge on any atom is 0.232 e. The van der Waals surface area contributed by atoms with E-state index in [4.69, 9.17) is 22.2 Å². The summed E-state index contributed by atoms with van der Waals surface area (Å²) in [7, 11) is 0. The van der Waals surface area contributed by atoms with Crippen LogP contribution in [0.25, 0.3) is 0 Å². The minimum atomic E-state index is 0.102. The second kappa shape index (κ2) is 10.5. The Kier molecular flexibility index (Phi) is 7.45. The lowest BCUT2D eigenvalue weighted by Crippen LogP contribution is -2.37. The van der Waals surface area contributed by atoms with E-state index in [0.29, 0.717) is 17.0 Å². The lowest BCUT2D eigenvalue weighted by atomic mass is 9.99. The summed E-state index contributed by atoms with van der Waals surface area (Å²) in [6.07, 6.45) is 4.91. The van der Waals surface area contributed by atoms with Crippen LogP contribution in [0.1, 0.15) is 58.1 Å². The number of piperidine rings is 2. The van der Waals surface area contributed by atoms with Gasteiger partial charge in [0.1, 0.15) is 11.6 Å². The molecule has 0 spiro atoms. The SMILES string of the molecule is CC1CCN(c2cc(N3CCCC(C)C3)nc(NC(=S)NC(C)c3ccccc3)n2)CC1. The highest BCUT2D eigenvalue weighted by Crippen LogP contribution is 2.28. The molecule has 7 heteroatoms. The van der Waals surface area contributed by atoms with Gasteiger partial charge in [0.15, 0.2) is 5.11 Å². The van der Waals surface area contributed by atoms with Crippen molar-refractivity contribution in [3.8, 4) is 0 Å².